The number of hydrogen-bond donors (Lipinski definition) is 1. The lowest BCUT2D eigenvalue weighted by molar-refractivity contribution is 0.838. The zero-order valence-corrected chi connectivity index (χ0v) is 8.41. The van der Waals surface area contributed by atoms with E-state index in [0.29, 0.717) is 5.82 Å². The van der Waals surface area contributed by atoms with Gasteiger partial charge in [0.05, 0.1) is 12.4 Å². The van der Waals surface area contributed by atoms with Crippen LogP contribution in [0.2, 0.25) is 0 Å². The molecule has 1 N–H and O–H groups in total. The van der Waals surface area contributed by atoms with Crippen molar-refractivity contribution in [3.63, 3.8) is 0 Å². The molecule has 3 aromatic heterocycles. The Kier molecular flexibility index (Phi) is 2.00. The summed E-state index contributed by atoms with van der Waals surface area (Å²) in [6.45, 7) is 0. The minimum atomic E-state index is 0.709. The summed E-state index contributed by atoms with van der Waals surface area (Å²) in [5, 5.41) is 4.24. The minimum absolute atomic E-state index is 0.709. The summed E-state index contributed by atoms with van der Waals surface area (Å²) in [4.78, 5) is 11.3. The Labute approximate surface area is 91.8 Å². The van der Waals surface area contributed by atoms with Gasteiger partial charge in [-0.15, -0.1) is 0 Å². The number of rotatable bonds is 2. The smallest absolute Gasteiger partial charge is 0.171 e. The summed E-state index contributed by atoms with van der Waals surface area (Å²) in [6, 6.07) is 3.95. The SMILES string of the molecule is c1c[nH]c(-c2cnn(-c3cnccn3)c2)c1. The van der Waals surface area contributed by atoms with Gasteiger partial charge in [0.1, 0.15) is 0 Å². The molecule has 0 spiro atoms. The van der Waals surface area contributed by atoms with E-state index in [-0.39, 0.29) is 0 Å². The molecule has 5 nitrogen and oxygen atoms in total. The maximum Gasteiger partial charge on any atom is 0.171 e. The van der Waals surface area contributed by atoms with Gasteiger partial charge in [0.25, 0.3) is 0 Å². The van der Waals surface area contributed by atoms with E-state index in [9.17, 15) is 0 Å². The lowest BCUT2D eigenvalue weighted by atomic mass is 10.3. The Morgan fingerprint density at radius 3 is 2.94 bits per heavy atom. The van der Waals surface area contributed by atoms with Gasteiger partial charge >= 0.3 is 0 Å². The van der Waals surface area contributed by atoms with Crippen molar-refractivity contribution in [2.24, 2.45) is 0 Å². The predicted molar refractivity (Wildman–Crippen MR) is 58.9 cm³/mol. The van der Waals surface area contributed by atoms with Crippen molar-refractivity contribution in [2.75, 3.05) is 0 Å². The number of nitrogens with one attached hydrogen (secondary N) is 1. The van der Waals surface area contributed by atoms with Crippen LogP contribution < -0.4 is 0 Å². The fourth-order valence-corrected chi connectivity index (χ4v) is 1.51. The van der Waals surface area contributed by atoms with E-state index >= 15 is 0 Å². The third-order valence-corrected chi connectivity index (χ3v) is 2.28. The second-order valence-corrected chi connectivity index (χ2v) is 3.32. The number of aromatic nitrogens is 5. The maximum absolute atomic E-state index is 4.24. The molecule has 0 aromatic carbocycles. The molecule has 0 fully saturated rings. The van der Waals surface area contributed by atoms with Gasteiger partial charge in [0.15, 0.2) is 5.82 Å². The average Bonchev–Trinajstić information content (AvgIpc) is 3.01. The van der Waals surface area contributed by atoms with Crippen LogP contribution in [-0.4, -0.2) is 24.7 Å². The van der Waals surface area contributed by atoms with Crippen LogP contribution in [0.5, 0.6) is 0 Å². The third kappa shape index (κ3) is 1.48. The number of nitrogens with zero attached hydrogens (tertiary/aromatic N) is 4. The largest absolute Gasteiger partial charge is 0.361 e. The van der Waals surface area contributed by atoms with Gasteiger partial charge in [-0.25, -0.2) is 9.67 Å². The van der Waals surface area contributed by atoms with Crippen molar-refractivity contribution < 1.29 is 0 Å². The molecule has 3 rings (SSSR count). The Bertz CT molecular complexity index is 567. The molecule has 0 saturated heterocycles. The number of aromatic amines is 1. The van der Waals surface area contributed by atoms with Crippen LogP contribution in [-0.2, 0) is 0 Å². The molecule has 78 valence electrons. The van der Waals surface area contributed by atoms with Crippen LogP contribution in [0, 0.1) is 0 Å². The molecule has 0 amide bonds. The Balaban J connectivity index is 2.00. The second-order valence-electron chi connectivity index (χ2n) is 3.32. The van der Waals surface area contributed by atoms with Gasteiger partial charge in [-0.3, -0.25) is 4.98 Å². The molecular weight excluding hydrogens is 202 g/mol. The highest BCUT2D eigenvalue weighted by atomic mass is 15.3. The van der Waals surface area contributed by atoms with Crippen LogP contribution in [0.1, 0.15) is 0 Å². The molecule has 3 aromatic rings. The molecule has 16 heavy (non-hydrogen) atoms. The van der Waals surface area contributed by atoms with E-state index in [2.05, 4.69) is 20.1 Å². The molecule has 0 atom stereocenters. The zero-order valence-electron chi connectivity index (χ0n) is 8.41. The highest BCUT2D eigenvalue weighted by molar-refractivity contribution is 5.57. The molecule has 0 aliphatic carbocycles. The van der Waals surface area contributed by atoms with Crippen LogP contribution in [0.3, 0.4) is 0 Å². The fourth-order valence-electron chi connectivity index (χ4n) is 1.51. The molecule has 0 radical (unpaired) electrons. The molecule has 0 aliphatic rings. The Morgan fingerprint density at radius 2 is 2.19 bits per heavy atom. The first-order chi connectivity index (χ1) is 7.93. The van der Waals surface area contributed by atoms with E-state index in [0.717, 1.165) is 11.3 Å². The highest BCUT2D eigenvalue weighted by Gasteiger charge is 2.03. The van der Waals surface area contributed by atoms with Crippen LogP contribution in [0.15, 0.2) is 49.3 Å². The van der Waals surface area contributed by atoms with Gasteiger partial charge in [-0.2, -0.15) is 5.10 Å². The molecule has 0 bridgehead atoms. The van der Waals surface area contributed by atoms with Gasteiger partial charge in [0, 0.05) is 36.0 Å². The van der Waals surface area contributed by atoms with Crippen molar-refractivity contribution in [2.45, 2.75) is 0 Å². The van der Waals surface area contributed by atoms with Crippen molar-refractivity contribution >= 4 is 0 Å². The monoisotopic (exact) mass is 211 g/mol. The summed E-state index contributed by atoms with van der Waals surface area (Å²) in [5.74, 6) is 0.709. The summed E-state index contributed by atoms with van der Waals surface area (Å²) in [6.07, 6.45) is 10.5. The predicted octanol–water partition coefficient (Wildman–Crippen LogP) is 1.66. The topological polar surface area (TPSA) is 59.4 Å². The molecular formula is C11H9N5. The van der Waals surface area contributed by atoms with E-state index < -0.39 is 0 Å². The Hall–Kier alpha value is -2.43. The van der Waals surface area contributed by atoms with Gasteiger partial charge < -0.3 is 4.98 Å². The second kappa shape index (κ2) is 3.62. The van der Waals surface area contributed by atoms with Gasteiger partial charge in [0.2, 0.25) is 0 Å². The standard InChI is InChI=1S/C11H9N5/c1-2-10(13-3-1)9-6-15-16(8-9)11-7-12-4-5-14-11/h1-8,13H. The van der Waals surface area contributed by atoms with Gasteiger partial charge in [-0.1, -0.05) is 0 Å². The molecule has 5 heteroatoms. The number of hydrogen-bond acceptors (Lipinski definition) is 3. The third-order valence-electron chi connectivity index (χ3n) is 2.28. The molecule has 0 saturated carbocycles. The first-order valence-corrected chi connectivity index (χ1v) is 4.88. The lowest BCUT2D eigenvalue weighted by Gasteiger charge is -1.96. The van der Waals surface area contributed by atoms with Gasteiger partial charge in [-0.05, 0) is 12.1 Å². The Morgan fingerprint density at radius 1 is 1.19 bits per heavy atom. The highest BCUT2D eigenvalue weighted by Crippen LogP contribution is 2.16. The first kappa shape index (κ1) is 8.84. The van der Waals surface area contributed by atoms with E-state index in [4.69, 9.17) is 0 Å². The van der Waals surface area contributed by atoms with E-state index in [1.54, 1.807) is 29.5 Å². The fraction of sp³-hybridized carbons (Fsp3) is 0. The summed E-state index contributed by atoms with van der Waals surface area (Å²) in [5.41, 5.74) is 2.06. The summed E-state index contributed by atoms with van der Waals surface area (Å²) >= 11 is 0. The molecule has 0 unspecified atom stereocenters. The summed E-state index contributed by atoms with van der Waals surface area (Å²) < 4.78 is 1.70. The van der Waals surface area contributed by atoms with Crippen LogP contribution >= 0.6 is 0 Å². The van der Waals surface area contributed by atoms with Crippen LogP contribution in [0.4, 0.5) is 0 Å². The normalized spacial score (nSPS) is 10.5. The van der Waals surface area contributed by atoms with E-state index in [1.165, 1.54) is 0 Å². The van der Waals surface area contributed by atoms with E-state index in [1.807, 2.05) is 24.5 Å². The minimum Gasteiger partial charge on any atom is -0.361 e. The average molecular weight is 211 g/mol. The first-order valence-electron chi connectivity index (χ1n) is 4.88. The van der Waals surface area contributed by atoms with Crippen molar-refractivity contribution in [3.8, 4) is 17.1 Å². The maximum atomic E-state index is 4.24. The number of H-pyrrole nitrogens is 1. The van der Waals surface area contributed by atoms with Crippen molar-refractivity contribution in [1.82, 2.24) is 24.7 Å². The quantitative estimate of drug-likeness (QED) is 0.701. The lowest BCUT2D eigenvalue weighted by Crippen LogP contribution is -1.97. The zero-order chi connectivity index (χ0) is 10.8. The molecule has 0 aliphatic heterocycles. The summed E-state index contributed by atoms with van der Waals surface area (Å²) in [7, 11) is 0. The van der Waals surface area contributed by atoms with Crippen molar-refractivity contribution in [1.29, 1.82) is 0 Å². The van der Waals surface area contributed by atoms with Crippen molar-refractivity contribution in [3.05, 3.63) is 49.3 Å². The molecule has 3 heterocycles. The van der Waals surface area contributed by atoms with Crippen LogP contribution in [0.25, 0.3) is 17.1 Å².